The number of hydrogen-bond donors (Lipinski definition) is 1. The number of ether oxygens (including phenoxy) is 1. The highest BCUT2D eigenvalue weighted by molar-refractivity contribution is 4.96. The van der Waals surface area contributed by atoms with Crippen LogP contribution in [0, 0.1) is 0 Å². The Labute approximate surface area is 91.8 Å². The molecule has 1 heterocycles. The lowest BCUT2D eigenvalue weighted by atomic mass is 9.80. The summed E-state index contributed by atoms with van der Waals surface area (Å²) in [7, 11) is 0. The van der Waals surface area contributed by atoms with Gasteiger partial charge in [-0.15, -0.1) is 10.3 Å². The monoisotopic (exact) mass is 216 g/mol. The molecule has 1 unspecified atom stereocenters. The third kappa shape index (κ3) is 2.91. The van der Waals surface area contributed by atoms with Crippen LogP contribution in [0.25, 0.3) is 0 Å². The van der Waals surface area contributed by atoms with E-state index in [1.54, 1.807) is 6.92 Å². The average molecular weight is 216 g/mol. The van der Waals surface area contributed by atoms with Gasteiger partial charge in [-0.1, -0.05) is 0 Å². The van der Waals surface area contributed by atoms with Gasteiger partial charge in [0, 0.05) is 11.1 Å². The van der Waals surface area contributed by atoms with E-state index in [0.29, 0.717) is 12.8 Å². The van der Waals surface area contributed by atoms with Crippen LogP contribution in [0.2, 0.25) is 0 Å². The molecule has 1 rings (SSSR count). The van der Waals surface area contributed by atoms with E-state index in [1.165, 1.54) is 0 Å². The van der Waals surface area contributed by atoms with E-state index < -0.39 is 17.4 Å². The largest absolute Gasteiger partial charge is 0.368 e. The van der Waals surface area contributed by atoms with E-state index in [2.05, 4.69) is 0 Å². The summed E-state index contributed by atoms with van der Waals surface area (Å²) in [4.78, 5) is 0. The van der Waals surface area contributed by atoms with Gasteiger partial charge in [-0.25, -0.2) is 0 Å². The summed E-state index contributed by atoms with van der Waals surface area (Å²) < 4.78 is 5.40. The highest BCUT2D eigenvalue weighted by Gasteiger charge is 2.46. The molecule has 0 aromatic heterocycles. The number of hydrogen-bond acceptors (Lipinski definition) is 3. The highest BCUT2D eigenvalue weighted by atomic mass is 16.6. The topological polar surface area (TPSA) is 52.6 Å². The third-order valence-corrected chi connectivity index (χ3v) is 2.94. The van der Waals surface area contributed by atoms with Crippen LogP contribution in [-0.2, 0) is 9.94 Å². The second-order valence-electron chi connectivity index (χ2n) is 5.68. The molecular weight excluding hydrogens is 194 g/mol. The standard InChI is InChI=1S/C11H22NO3/c1-8(13)15-9-6-10(2,3)12(14)11(4,5)7-9/h8-9,13H,6-7H2,1-5H3. The van der Waals surface area contributed by atoms with Crippen LogP contribution >= 0.6 is 0 Å². The molecule has 1 radical (unpaired) electrons. The molecule has 0 aliphatic carbocycles. The molecule has 89 valence electrons. The van der Waals surface area contributed by atoms with Crippen molar-refractivity contribution in [3.8, 4) is 0 Å². The zero-order valence-corrected chi connectivity index (χ0v) is 10.3. The fourth-order valence-electron chi connectivity index (χ4n) is 2.55. The Morgan fingerprint density at radius 2 is 1.67 bits per heavy atom. The van der Waals surface area contributed by atoms with E-state index in [-0.39, 0.29) is 6.10 Å². The molecule has 1 atom stereocenters. The SMILES string of the molecule is CC(O)OC1CC(C)(C)N([O])C(C)(C)C1. The van der Waals surface area contributed by atoms with Gasteiger partial charge in [0.2, 0.25) is 0 Å². The minimum atomic E-state index is -0.764. The number of hydroxylamine groups is 2. The molecule has 1 N–H and O–H groups in total. The molecule has 0 spiro atoms. The minimum absolute atomic E-state index is 0.0415. The quantitative estimate of drug-likeness (QED) is 0.715. The molecule has 1 saturated heterocycles. The Kier molecular flexibility index (Phi) is 3.45. The Bertz CT molecular complexity index is 208. The van der Waals surface area contributed by atoms with Crippen LogP contribution in [0.5, 0.6) is 0 Å². The van der Waals surface area contributed by atoms with Crippen molar-refractivity contribution in [1.82, 2.24) is 5.06 Å². The smallest absolute Gasteiger partial charge is 0.152 e. The Hall–Kier alpha value is -0.160. The number of rotatable bonds is 2. The van der Waals surface area contributed by atoms with Crippen LogP contribution in [0.15, 0.2) is 0 Å². The number of nitrogens with zero attached hydrogens (tertiary/aromatic N) is 1. The van der Waals surface area contributed by atoms with Gasteiger partial charge in [0.25, 0.3) is 0 Å². The Balaban J connectivity index is 2.75. The van der Waals surface area contributed by atoms with E-state index in [9.17, 15) is 10.3 Å². The summed E-state index contributed by atoms with van der Waals surface area (Å²) in [5.74, 6) is 0. The third-order valence-electron chi connectivity index (χ3n) is 2.94. The van der Waals surface area contributed by atoms with Gasteiger partial charge >= 0.3 is 0 Å². The fourth-order valence-corrected chi connectivity index (χ4v) is 2.55. The van der Waals surface area contributed by atoms with Gasteiger partial charge in [-0.3, -0.25) is 0 Å². The summed E-state index contributed by atoms with van der Waals surface area (Å²) in [5, 5.41) is 22.4. The zero-order chi connectivity index (χ0) is 11.9. The second kappa shape index (κ2) is 4.01. The molecule has 1 aliphatic rings. The molecule has 4 heteroatoms. The van der Waals surface area contributed by atoms with Crippen molar-refractivity contribution < 1.29 is 15.1 Å². The van der Waals surface area contributed by atoms with Crippen LogP contribution in [0.4, 0.5) is 0 Å². The summed E-state index contributed by atoms with van der Waals surface area (Å²) in [6.07, 6.45) is 0.510. The predicted molar refractivity (Wildman–Crippen MR) is 56.5 cm³/mol. The molecule has 1 fully saturated rings. The molecule has 0 bridgehead atoms. The second-order valence-corrected chi connectivity index (χ2v) is 5.68. The normalized spacial score (nSPS) is 29.0. The molecule has 0 amide bonds. The first-order chi connectivity index (χ1) is 6.65. The van der Waals surface area contributed by atoms with E-state index in [4.69, 9.17) is 4.74 Å². The van der Waals surface area contributed by atoms with Crippen LogP contribution in [-0.4, -0.2) is 33.6 Å². The van der Waals surface area contributed by atoms with Crippen molar-refractivity contribution in [3.05, 3.63) is 0 Å². The van der Waals surface area contributed by atoms with Gasteiger partial charge in [0.05, 0.1) is 6.10 Å². The molecule has 0 saturated carbocycles. The fraction of sp³-hybridized carbons (Fsp3) is 1.00. The average Bonchev–Trinajstić information content (AvgIpc) is 1.97. The molecule has 0 aromatic rings. The number of aliphatic hydroxyl groups is 1. The Morgan fingerprint density at radius 1 is 1.27 bits per heavy atom. The van der Waals surface area contributed by atoms with Crippen LogP contribution < -0.4 is 0 Å². The summed E-state index contributed by atoms with van der Waals surface area (Å²) in [5.41, 5.74) is -0.859. The molecule has 4 nitrogen and oxygen atoms in total. The molecule has 15 heavy (non-hydrogen) atoms. The lowest BCUT2D eigenvalue weighted by molar-refractivity contribution is -0.308. The molecule has 0 aromatic carbocycles. The molecule has 1 aliphatic heterocycles. The van der Waals surface area contributed by atoms with Crippen LogP contribution in [0.3, 0.4) is 0 Å². The van der Waals surface area contributed by atoms with E-state index >= 15 is 0 Å². The maximum atomic E-state index is 12.0. The van der Waals surface area contributed by atoms with Crippen molar-refractivity contribution >= 4 is 0 Å². The van der Waals surface area contributed by atoms with Crippen molar-refractivity contribution in [2.75, 3.05) is 0 Å². The van der Waals surface area contributed by atoms with Gasteiger partial charge in [0.15, 0.2) is 6.29 Å². The van der Waals surface area contributed by atoms with Gasteiger partial charge in [-0.05, 0) is 47.5 Å². The van der Waals surface area contributed by atoms with Gasteiger partial charge in [-0.2, -0.15) is 0 Å². The van der Waals surface area contributed by atoms with Gasteiger partial charge < -0.3 is 9.84 Å². The van der Waals surface area contributed by atoms with Crippen molar-refractivity contribution in [3.63, 3.8) is 0 Å². The van der Waals surface area contributed by atoms with Crippen LogP contribution in [0.1, 0.15) is 47.5 Å². The van der Waals surface area contributed by atoms with E-state index in [1.807, 2.05) is 27.7 Å². The number of aliphatic hydroxyl groups excluding tert-OH is 1. The summed E-state index contributed by atoms with van der Waals surface area (Å²) in [6, 6.07) is 0. The first kappa shape index (κ1) is 12.9. The maximum Gasteiger partial charge on any atom is 0.152 e. The van der Waals surface area contributed by atoms with Crippen molar-refractivity contribution in [2.24, 2.45) is 0 Å². The minimum Gasteiger partial charge on any atom is -0.368 e. The number of piperidine rings is 1. The van der Waals surface area contributed by atoms with Gasteiger partial charge in [0.1, 0.15) is 0 Å². The lowest BCUT2D eigenvalue weighted by Gasteiger charge is -2.49. The van der Waals surface area contributed by atoms with E-state index in [0.717, 1.165) is 5.06 Å². The van der Waals surface area contributed by atoms with Crippen molar-refractivity contribution in [2.45, 2.75) is 70.9 Å². The highest BCUT2D eigenvalue weighted by Crippen LogP contribution is 2.38. The Morgan fingerprint density at radius 3 is 2.00 bits per heavy atom. The summed E-state index contributed by atoms with van der Waals surface area (Å²) >= 11 is 0. The predicted octanol–water partition coefficient (Wildman–Crippen LogP) is 1.71. The first-order valence-electron chi connectivity index (χ1n) is 5.46. The summed E-state index contributed by atoms with van der Waals surface area (Å²) in [6.45, 7) is 9.26. The zero-order valence-electron chi connectivity index (χ0n) is 10.3. The molecular formula is C11H22NO3. The lowest BCUT2D eigenvalue weighted by Crippen LogP contribution is -2.60. The first-order valence-corrected chi connectivity index (χ1v) is 5.46. The maximum absolute atomic E-state index is 12.0. The van der Waals surface area contributed by atoms with Crippen molar-refractivity contribution in [1.29, 1.82) is 0 Å².